The van der Waals surface area contributed by atoms with Crippen molar-refractivity contribution in [2.45, 2.75) is 105 Å². The van der Waals surface area contributed by atoms with Crippen molar-refractivity contribution in [2.75, 3.05) is 7.11 Å². The predicted octanol–water partition coefficient (Wildman–Crippen LogP) is 8.41. The zero-order chi connectivity index (χ0) is 26.7. The van der Waals surface area contributed by atoms with Crippen molar-refractivity contribution in [2.24, 2.45) is 0 Å². The molecule has 0 saturated carbocycles. The van der Waals surface area contributed by atoms with Gasteiger partial charge in [0.1, 0.15) is 11.5 Å². The SMILES string of the molecule is CC(C)(C)c1ccc(O)c(C(C)(C)C)c1.COC(=O)Oc1ccc(C(C)(C)C)cc1C(C)(C)C. The first-order valence-electron chi connectivity index (χ1n) is 11.9. The number of phenols is 1. The number of aromatic hydroxyl groups is 1. The van der Waals surface area contributed by atoms with Crippen molar-refractivity contribution in [3.05, 3.63) is 58.7 Å². The van der Waals surface area contributed by atoms with Crippen molar-refractivity contribution in [3.63, 3.8) is 0 Å². The van der Waals surface area contributed by atoms with E-state index in [0.29, 0.717) is 11.5 Å². The standard InChI is InChI=1S/C16H24O3.C14H22O/c1-15(2,3)11-8-9-13(19-14(17)18-7)12(10-11)16(4,5)6;1-13(2,3)10-7-8-12(15)11(9-10)14(4,5)6/h8-10H,1-7H3;7-9,15H,1-6H3. The van der Waals surface area contributed by atoms with Crippen LogP contribution < -0.4 is 4.74 Å². The number of hydrogen-bond acceptors (Lipinski definition) is 4. The summed E-state index contributed by atoms with van der Waals surface area (Å²) in [4.78, 5) is 11.3. The lowest BCUT2D eigenvalue weighted by molar-refractivity contribution is 0.120. The van der Waals surface area contributed by atoms with Crippen LogP contribution in [0.5, 0.6) is 11.5 Å². The summed E-state index contributed by atoms with van der Waals surface area (Å²) in [7, 11) is 1.31. The van der Waals surface area contributed by atoms with Crippen molar-refractivity contribution in [1.29, 1.82) is 0 Å². The molecular weight excluding hydrogens is 424 g/mol. The molecule has 2 aromatic rings. The van der Waals surface area contributed by atoms with Crippen LogP contribution >= 0.6 is 0 Å². The third-order valence-corrected chi connectivity index (χ3v) is 5.68. The summed E-state index contributed by atoms with van der Waals surface area (Å²) in [6.07, 6.45) is -0.686. The molecule has 0 bridgehead atoms. The highest BCUT2D eigenvalue weighted by Gasteiger charge is 2.24. The van der Waals surface area contributed by atoms with Crippen LogP contribution in [0.15, 0.2) is 36.4 Å². The molecular formula is C30H46O4. The first-order valence-corrected chi connectivity index (χ1v) is 11.9. The first-order chi connectivity index (χ1) is 15.2. The number of benzene rings is 2. The molecule has 2 aromatic carbocycles. The van der Waals surface area contributed by atoms with Crippen molar-refractivity contribution >= 4 is 6.16 Å². The number of ether oxygens (including phenoxy) is 2. The molecule has 0 saturated heterocycles. The highest BCUT2D eigenvalue weighted by Crippen LogP contribution is 2.36. The molecule has 0 unspecified atom stereocenters. The smallest absolute Gasteiger partial charge is 0.508 e. The van der Waals surface area contributed by atoms with E-state index in [1.54, 1.807) is 6.07 Å². The minimum atomic E-state index is -0.686. The second-order valence-corrected chi connectivity index (χ2v) is 13.0. The number of methoxy groups -OCH3 is 1. The van der Waals surface area contributed by atoms with Gasteiger partial charge in [0.15, 0.2) is 0 Å². The summed E-state index contributed by atoms with van der Waals surface area (Å²) >= 11 is 0. The number of phenolic OH excluding ortho intramolecular Hbond substituents is 1. The monoisotopic (exact) mass is 470 g/mol. The summed E-state index contributed by atoms with van der Waals surface area (Å²) in [5.74, 6) is 0.961. The van der Waals surface area contributed by atoms with E-state index in [1.165, 1.54) is 18.2 Å². The van der Waals surface area contributed by atoms with Crippen LogP contribution in [0, 0.1) is 0 Å². The Labute approximate surface area is 207 Å². The summed E-state index contributed by atoms with van der Waals surface area (Å²) in [5.41, 5.74) is 4.59. The molecule has 0 aliphatic rings. The molecule has 0 heterocycles. The Hall–Kier alpha value is -2.49. The molecule has 2 rings (SSSR count). The van der Waals surface area contributed by atoms with Gasteiger partial charge in [-0.25, -0.2) is 4.79 Å². The van der Waals surface area contributed by atoms with Crippen molar-refractivity contribution in [1.82, 2.24) is 0 Å². The largest absolute Gasteiger partial charge is 0.513 e. The van der Waals surface area contributed by atoms with Crippen molar-refractivity contribution in [3.8, 4) is 11.5 Å². The maximum Gasteiger partial charge on any atom is 0.513 e. The van der Waals surface area contributed by atoms with E-state index in [0.717, 1.165) is 11.1 Å². The van der Waals surface area contributed by atoms with Crippen LogP contribution in [0.1, 0.15) is 105 Å². The van der Waals surface area contributed by atoms with Crippen LogP contribution in [0.2, 0.25) is 0 Å². The van der Waals surface area contributed by atoms with E-state index in [9.17, 15) is 9.90 Å². The van der Waals surface area contributed by atoms with Gasteiger partial charge < -0.3 is 14.6 Å². The van der Waals surface area contributed by atoms with E-state index >= 15 is 0 Å². The number of carbonyl (C=O) groups excluding carboxylic acids is 1. The number of carbonyl (C=O) groups is 1. The number of hydrogen-bond donors (Lipinski definition) is 1. The maximum atomic E-state index is 11.3. The lowest BCUT2D eigenvalue weighted by atomic mass is 9.80. The molecule has 190 valence electrons. The van der Waals surface area contributed by atoms with E-state index in [4.69, 9.17) is 4.74 Å². The summed E-state index contributed by atoms with van der Waals surface area (Å²) in [5, 5.41) is 9.84. The first kappa shape index (κ1) is 29.5. The molecule has 0 aliphatic heterocycles. The topological polar surface area (TPSA) is 55.8 Å². The van der Waals surface area contributed by atoms with Gasteiger partial charge in [0.2, 0.25) is 0 Å². The van der Waals surface area contributed by atoms with Crippen LogP contribution in [0.25, 0.3) is 0 Å². The fourth-order valence-corrected chi connectivity index (χ4v) is 3.41. The quantitative estimate of drug-likeness (QED) is 0.336. The van der Waals surface area contributed by atoms with Crippen molar-refractivity contribution < 1.29 is 19.4 Å². The normalized spacial score (nSPS) is 12.5. The Morgan fingerprint density at radius 2 is 1.06 bits per heavy atom. The van der Waals surface area contributed by atoms with Gasteiger partial charge in [-0.05, 0) is 50.5 Å². The minimum absolute atomic E-state index is 0.00859. The third-order valence-electron chi connectivity index (χ3n) is 5.68. The minimum Gasteiger partial charge on any atom is -0.508 e. The zero-order valence-electron chi connectivity index (χ0n) is 23.6. The van der Waals surface area contributed by atoms with Gasteiger partial charge in [0.05, 0.1) is 7.11 Å². The molecule has 0 spiro atoms. The molecule has 4 nitrogen and oxygen atoms in total. The highest BCUT2D eigenvalue weighted by molar-refractivity contribution is 5.65. The molecule has 0 atom stereocenters. The van der Waals surface area contributed by atoms with Gasteiger partial charge >= 0.3 is 6.16 Å². The average molecular weight is 471 g/mol. The van der Waals surface area contributed by atoms with Gasteiger partial charge in [-0.3, -0.25) is 0 Å². The Bertz CT molecular complexity index is 975. The third kappa shape index (κ3) is 8.38. The molecule has 4 heteroatoms. The molecule has 0 fully saturated rings. The molecule has 1 N–H and O–H groups in total. The Morgan fingerprint density at radius 1 is 0.647 bits per heavy atom. The molecule has 34 heavy (non-hydrogen) atoms. The molecule has 0 aliphatic carbocycles. The molecule has 0 radical (unpaired) electrons. The van der Waals surface area contributed by atoms with E-state index < -0.39 is 6.16 Å². The van der Waals surface area contributed by atoms with Gasteiger partial charge in [-0.1, -0.05) is 107 Å². The van der Waals surface area contributed by atoms with E-state index in [-0.39, 0.29) is 21.7 Å². The average Bonchev–Trinajstić information content (AvgIpc) is 2.65. The Kier molecular flexibility index (Phi) is 9.05. The Balaban J connectivity index is 0.000000350. The molecule has 0 amide bonds. The zero-order valence-corrected chi connectivity index (χ0v) is 23.6. The second-order valence-electron chi connectivity index (χ2n) is 13.0. The molecule has 0 aromatic heterocycles. The van der Waals surface area contributed by atoms with Gasteiger partial charge in [0, 0.05) is 5.56 Å². The summed E-state index contributed by atoms with van der Waals surface area (Å²) in [6.45, 7) is 25.7. The summed E-state index contributed by atoms with van der Waals surface area (Å²) in [6, 6.07) is 11.9. The van der Waals surface area contributed by atoms with Crippen LogP contribution in [-0.2, 0) is 26.4 Å². The predicted molar refractivity (Wildman–Crippen MR) is 142 cm³/mol. The van der Waals surface area contributed by atoms with Gasteiger partial charge in [-0.15, -0.1) is 0 Å². The van der Waals surface area contributed by atoms with E-state index in [2.05, 4.69) is 100.0 Å². The van der Waals surface area contributed by atoms with Gasteiger partial charge in [-0.2, -0.15) is 0 Å². The number of rotatable bonds is 1. The maximum absolute atomic E-state index is 11.3. The summed E-state index contributed by atoms with van der Waals surface area (Å²) < 4.78 is 9.79. The van der Waals surface area contributed by atoms with Gasteiger partial charge in [0.25, 0.3) is 0 Å². The van der Waals surface area contributed by atoms with E-state index in [1.807, 2.05) is 18.2 Å². The van der Waals surface area contributed by atoms with Crippen LogP contribution in [0.3, 0.4) is 0 Å². The Morgan fingerprint density at radius 3 is 1.44 bits per heavy atom. The second kappa shape index (κ2) is 10.4. The fourth-order valence-electron chi connectivity index (χ4n) is 3.41. The lowest BCUT2D eigenvalue weighted by Gasteiger charge is -2.26. The van der Waals surface area contributed by atoms with Crippen LogP contribution in [-0.4, -0.2) is 18.4 Å². The fraction of sp³-hybridized carbons (Fsp3) is 0.567. The highest BCUT2D eigenvalue weighted by atomic mass is 16.7. The van der Waals surface area contributed by atoms with Crippen LogP contribution in [0.4, 0.5) is 4.79 Å². The lowest BCUT2D eigenvalue weighted by Crippen LogP contribution is -2.19.